The zero-order valence-corrected chi connectivity index (χ0v) is 12.2. The average Bonchev–Trinajstić information content (AvgIpc) is 2.66. The molecule has 1 unspecified atom stereocenters. The Morgan fingerprint density at radius 2 is 1.85 bits per heavy atom. The van der Waals surface area contributed by atoms with E-state index in [0.29, 0.717) is 0 Å². The molecule has 0 aromatic carbocycles. The van der Waals surface area contributed by atoms with Crippen molar-refractivity contribution in [1.29, 1.82) is 0 Å². The summed E-state index contributed by atoms with van der Waals surface area (Å²) >= 11 is 0. The molecule has 5 heteroatoms. The number of ether oxygens (including phenoxy) is 1. The van der Waals surface area contributed by atoms with Crippen LogP contribution in [0.5, 0.6) is 0 Å². The molecule has 0 radical (unpaired) electrons. The average molecular weight is 277 g/mol. The molecule has 0 N–H and O–H groups in total. The fourth-order valence-corrected chi connectivity index (χ4v) is 2.72. The number of carbonyl (C=O) groups excluding carboxylic acids is 3. The van der Waals surface area contributed by atoms with Crippen molar-refractivity contribution in [3.63, 3.8) is 0 Å². The van der Waals surface area contributed by atoms with Crippen LogP contribution in [0, 0.1) is 11.3 Å². The second-order valence-electron chi connectivity index (χ2n) is 6.16. The van der Waals surface area contributed by atoms with Crippen LogP contribution in [-0.4, -0.2) is 41.8 Å². The first-order valence-electron chi connectivity index (χ1n) is 6.55. The highest BCUT2D eigenvalue weighted by molar-refractivity contribution is 6.05. The van der Waals surface area contributed by atoms with Gasteiger partial charge in [0.2, 0.25) is 5.91 Å². The van der Waals surface area contributed by atoms with Crippen molar-refractivity contribution in [2.24, 2.45) is 11.3 Å². The number of amides is 1. The zero-order chi connectivity index (χ0) is 15.1. The third-order valence-electron chi connectivity index (χ3n) is 3.90. The van der Waals surface area contributed by atoms with Crippen LogP contribution in [0.2, 0.25) is 0 Å². The molecule has 1 aliphatic carbocycles. The minimum Gasteiger partial charge on any atom is -0.469 e. The van der Waals surface area contributed by atoms with Gasteiger partial charge in [-0.2, -0.15) is 0 Å². The number of hydrogen-bond acceptors (Lipinski definition) is 4. The van der Waals surface area contributed by atoms with Crippen LogP contribution in [-0.2, 0) is 19.1 Å². The molecule has 1 saturated heterocycles. The maximum atomic E-state index is 12.8. The highest BCUT2D eigenvalue weighted by Crippen LogP contribution is 2.44. The Balaban J connectivity index is 2.49. The summed E-state index contributed by atoms with van der Waals surface area (Å²) in [6.07, 6.45) is 5.76. The largest absolute Gasteiger partial charge is 0.469 e. The van der Waals surface area contributed by atoms with Gasteiger partial charge in [-0.1, -0.05) is 12.2 Å². The first kappa shape index (κ1) is 14.5. The molecule has 0 aromatic rings. The second-order valence-corrected chi connectivity index (χ2v) is 6.16. The third-order valence-corrected chi connectivity index (χ3v) is 3.90. The Kier molecular flexibility index (Phi) is 3.32. The molecule has 0 saturated carbocycles. The Morgan fingerprint density at radius 1 is 1.30 bits per heavy atom. The number of likely N-dealkylation sites (tertiary alicyclic amines) is 1. The Morgan fingerprint density at radius 3 is 2.30 bits per heavy atom. The Hall–Kier alpha value is -1.91. The van der Waals surface area contributed by atoms with E-state index in [1.54, 1.807) is 4.90 Å². The predicted molar refractivity (Wildman–Crippen MR) is 72.7 cm³/mol. The monoisotopic (exact) mass is 277 g/mol. The van der Waals surface area contributed by atoms with Crippen LogP contribution in [0.4, 0.5) is 0 Å². The fourth-order valence-electron chi connectivity index (χ4n) is 2.72. The molecule has 0 bridgehead atoms. The summed E-state index contributed by atoms with van der Waals surface area (Å²) in [5.41, 5.74) is -1.48. The van der Waals surface area contributed by atoms with Crippen molar-refractivity contribution in [3.8, 4) is 0 Å². The van der Waals surface area contributed by atoms with Gasteiger partial charge in [-0.25, -0.2) is 0 Å². The van der Waals surface area contributed by atoms with Crippen molar-refractivity contribution in [2.45, 2.75) is 26.3 Å². The summed E-state index contributed by atoms with van der Waals surface area (Å²) in [6.45, 7) is 6.04. The van der Waals surface area contributed by atoms with Crippen LogP contribution >= 0.6 is 0 Å². The topological polar surface area (TPSA) is 63.7 Å². The van der Waals surface area contributed by atoms with Crippen LogP contribution in [0.1, 0.15) is 20.8 Å². The molecule has 108 valence electrons. The molecule has 1 heterocycles. The molecule has 1 aliphatic heterocycles. The maximum Gasteiger partial charge on any atom is 0.312 e. The minimum atomic E-state index is -1.09. The highest BCUT2D eigenvalue weighted by atomic mass is 16.5. The molecule has 2 aliphatic rings. The molecule has 1 fully saturated rings. The summed E-state index contributed by atoms with van der Waals surface area (Å²) in [4.78, 5) is 37.8. The highest BCUT2D eigenvalue weighted by Gasteiger charge is 2.57. The molecule has 0 aromatic heterocycles. The summed E-state index contributed by atoms with van der Waals surface area (Å²) in [6, 6.07) is 0. The lowest BCUT2D eigenvalue weighted by atomic mass is 9.74. The van der Waals surface area contributed by atoms with Gasteiger partial charge >= 0.3 is 5.97 Å². The Bertz CT molecular complexity index is 508. The van der Waals surface area contributed by atoms with Gasteiger partial charge in [0.05, 0.1) is 13.0 Å². The molecule has 20 heavy (non-hydrogen) atoms. The van der Waals surface area contributed by atoms with Crippen LogP contribution in [0.15, 0.2) is 24.3 Å². The second kappa shape index (κ2) is 4.58. The van der Waals surface area contributed by atoms with Crippen molar-refractivity contribution in [3.05, 3.63) is 24.3 Å². The van der Waals surface area contributed by atoms with Gasteiger partial charge in [-0.05, 0) is 32.9 Å². The fraction of sp³-hybridized carbons (Fsp3) is 0.533. The minimum absolute atomic E-state index is 0.166. The lowest BCUT2D eigenvalue weighted by Gasteiger charge is -2.33. The van der Waals surface area contributed by atoms with E-state index in [1.165, 1.54) is 31.4 Å². The smallest absolute Gasteiger partial charge is 0.312 e. The summed E-state index contributed by atoms with van der Waals surface area (Å²) in [5.74, 6) is -1.41. The van der Waals surface area contributed by atoms with Crippen molar-refractivity contribution < 1.29 is 19.1 Å². The third kappa shape index (κ3) is 2.07. The van der Waals surface area contributed by atoms with Crippen LogP contribution in [0.25, 0.3) is 0 Å². The van der Waals surface area contributed by atoms with Gasteiger partial charge in [0.1, 0.15) is 5.41 Å². The normalized spacial score (nSPS) is 24.6. The number of hydrogen-bond donors (Lipinski definition) is 0. The summed E-state index contributed by atoms with van der Waals surface area (Å²) < 4.78 is 4.83. The van der Waals surface area contributed by atoms with Crippen molar-refractivity contribution in [2.75, 3.05) is 13.7 Å². The molecule has 5 nitrogen and oxygen atoms in total. The van der Waals surface area contributed by atoms with Gasteiger partial charge in [0.15, 0.2) is 5.78 Å². The zero-order valence-electron chi connectivity index (χ0n) is 12.2. The van der Waals surface area contributed by atoms with Gasteiger partial charge < -0.3 is 9.64 Å². The quantitative estimate of drug-likeness (QED) is 0.673. The van der Waals surface area contributed by atoms with Gasteiger partial charge in [0.25, 0.3) is 0 Å². The van der Waals surface area contributed by atoms with Crippen LogP contribution in [0.3, 0.4) is 0 Å². The number of rotatable bonds is 1. The number of esters is 1. The first-order chi connectivity index (χ1) is 9.22. The lowest BCUT2D eigenvalue weighted by Crippen LogP contribution is -2.45. The molecule has 1 amide bonds. The van der Waals surface area contributed by atoms with Crippen molar-refractivity contribution in [1.82, 2.24) is 4.90 Å². The predicted octanol–water partition coefficient (Wildman–Crippen LogP) is 1.10. The molecule has 2 rings (SSSR count). The lowest BCUT2D eigenvalue weighted by molar-refractivity contribution is -0.148. The maximum absolute atomic E-state index is 12.8. The standard InChI is InChI=1S/C15H19NO4/c1-14(2,3)16-9-11(12(18)20-4)15(13(16)19)7-5-10(17)6-8-15/h5-8,11H,9H2,1-4H3. The van der Waals surface area contributed by atoms with E-state index in [0.717, 1.165) is 0 Å². The SMILES string of the molecule is COC(=O)C1CN(C(C)(C)C)C(=O)C12C=CC(=O)C=C2. The van der Waals surface area contributed by atoms with E-state index in [1.807, 2.05) is 20.8 Å². The number of carbonyl (C=O) groups is 3. The van der Waals surface area contributed by atoms with Crippen molar-refractivity contribution >= 4 is 17.7 Å². The van der Waals surface area contributed by atoms with Crippen LogP contribution < -0.4 is 0 Å². The van der Waals surface area contributed by atoms with E-state index in [4.69, 9.17) is 4.74 Å². The molecule has 1 atom stereocenters. The molecular weight excluding hydrogens is 258 g/mol. The number of nitrogens with zero attached hydrogens (tertiary/aromatic N) is 1. The van der Waals surface area contributed by atoms with E-state index in [2.05, 4.69) is 0 Å². The van der Waals surface area contributed by atoms with E-state index < -0.39 is 22.8 Å². The first-order valence-corrected chi connectivity index (χ1v) is 6.55. The Labute approximate surface area is 118 Å². The van der Waals surface area contributed by atoms with E-state index in [-0.39, 0.29) is 18.2 Å². The number of allylic oxidation sites excluding steroid dienone is 2. The van der Waals surface area contributed by atoms with Gasteiger partial charge in [0, 0.05) is 12.1 Å². The van der Waals surface area contributed by atoms with E-state index >= 15 is 0 Å². The summed E-state index contributed by atoms with van der Waals surface area (Å²) in [7, 11) is 1.31. The summed E-state index contributed by atoms with van der Waals surface area (Å²) in [5, 5.41) is 0. The number of methoxy groups -OCH3 is 1. The molecular formula is C15H19NO4. The van der Waals surface area contributed by atoms with Gasteiger partial charge in [-0.15, -0.1) is 0 Å². The van der Waals surface area contributed by atoms with Gasteiger partial charge in [-0.3, -0.25) is 14.4 Å². The number of ketones is 1. The van der Waals surface area contributed by atoms with E-state index in [9.17, 15) is 14.4 Å². The molecule has 1 spiro atoms.